The number of carboxylic acid groups (broad SMARTS) is 1. The summed E-state index contributed by atoms with van der Waals surface area (Å²) in [6.07, 6.45) is 3.53. The minimum Gasteiger partial charge on any atom is -0.480 e. The molecule has 0 radical (unpaired) electrons. The van der Waals surface area contributed by atoms with Crippen LogP contribution in [0.15, 0.2) is 12.7 Å². The molecule has 0 bridgehead atoms. The van der Waals surface area contributed by atoms with Crippen LogP contribution in [-0.2, 0) is 4.79 Å². The summed E-state index contributed by atoms with van der Waals surface area (Å²) in [5, 5.41) is 11.7. The van der Waals surface area contributed by atoms with Gasteiger partial charge in [-0.2, -0.15) is 0 Å². The highest BCUT2D eigenvalue weighted by atomic mass is 16.4. The minimum atomic E-state index is -0.741. The molecule has 1 rings (SSSR count). The first kappa shape index (κ1) is 8.27. The molecule has 0 aromatic carbocycles. The highest BCUT2D eigenvalue weighted by Crippen LogP contribution is 2.19. The van der Waals surface area contributed by atoms with E-state index < -0.39 is 5.97 Å². The fraction of sp³-hybridized carbons (Fsp3) is 0.625. The Morgan fingerprint density at radius 2 is 2.55 bits per heavy atom. The van der Waals surface area contributed by atoms with Crippen LogP contribution in [0.5, 0.6) is 0 Å². The van der Waals surface area contributed by atoms with E-state index in [-0.39, 0.29) is 12.0 Å². The number of allylic oxidation sites excluding steroid dienone is 1. The van der Waals surface area contributed by atoms with Gasteiger partial charge in [-0.15, -0.1) is 6.58 Å². The zero-order valence-electron chi connectivity index (χ0n) is 6.42. The van der Waals surface area contributed by atoms with E-state index in [2.05, 4.69) is 11.9 Å². The highest BCUT2D eigenvalue weighted by Gasteiger charge is 2.31. The lowest BCUT2D eigenvalue weighted by molar-refractivity contribution is -0.140. The second-order valence-corrected chi connectivity index (χ2v) is 2.84. The second-order valence-electron chi connectivity index (χ2n) is 2.84. The van der Waals surface area contributed by atoms with Crippen LogP contribution < -0.4 is 5.32 Å². The Morgan fingerprint density at radius 3 is 3.09 bits per heavy atom. The Balaban J connectivity index is 2.50. The maximum atomic E-state index is 10.6. The van der Waals surface area contributed by atoms with Crippen LogP contribution >= 0.6 is 0 Å². The van der Waals surface area contributed by atoms with Gasteiger partial charge < -0.3 is 10.4 Å². The van der Waals surface area contributed by atoms with Crippen molar-refractivity contribution in [1.82, 2.24) is 5.32 Å². The monoisotopic (exact) mass is 155 g/mol. The fourth-order valence-electron chi connectivity index (χ4n) is 1.51. The van der Waals surface area contributed by atoms with E-state index in [1.54, 1.807) is 6.08 Å². The van der Waals surface area contributed by atoms with Gasteiger partial charge in [0, 0.05) is 0 Å². The van der Waals surface area contributed by atoms with Gasteiger partial charge in [-0.25, -0.2) is 0 Å². The van der Waals surface area contributed by atoms with Crippen LogP contribution in [0, 0.1) is 5.92 Å². The van der Waals surface area contributed by atoms with Crippen molar-refractivity contribution >= 4 is 5.97 Å². The summed E-state index contributed by atoms with van der Waals surface area (Å²) in [5.74, 6) is -0.501. The smallest absolute Gasteiger partial charge is 0.320 e. The highest BCUT2D eigenvalue weighted by molar-refractivity contribution is 5.74. The quantitative estimate of drug-likeness (QED) is 0.587. The van der Waals surface area contributed by atoms with E-state index >= 15 is 0 Å². The Labute approximate surface area is 66.1 Å². The van der Waals surface area contributed by atoms with Crippen molar-refractivity contribution in [2.45, 2.75) is 18.9 Å². The SMILES string of the molecule is C=CCC1CCNC1C(=O)O. The molecule has 1 aliphatic heterocycles. The maximum Gasteiger partial charge on any atom is 0.320 e. The van der Waals surface area contributed by atoms with Crippen molar-refractivity contribution in [2.75, 3.05) is 6.54 Å². The number of hydrogen-bond acceptors (Lipinski definition) is 2. The Kier molecular flexibility index (Phi) is 2.65. The van der Waals surface area contributed by atoms with Crippen LogP contribution in [0.1, 0.15) is 12.8 Å². The standard InChI is InChI=1S/C8H13NO2/c1-2-3-6-4-5-9-7(6)8(10)11/h2,6-7,9H,1,3-5H2,(H,10,11). The van der Waals surface area contributed by atoms with Crippen molar-refractivity contribution in [1.29, 1.82) is 0 Å². The molecule has 0 aromatic heterocycles. The number of hydrogen-bond donors (Lipinski definition) is 2. The summed E-state index contributed by atoms with van der Waals surface area (Å²) in [7, 11) is 0. The lowest BCUT2D eigenvalue weighted by Crippen LogP contribution is -2.35. The molecule has 0 aromatic rings. The summed E-state index contributed by atoms with van der Waals surface area (Å²) in [6.45, 7) is 4.41. The topological polar surface area (TPSA) is 49.3 Å². The lowest BCUT2D eigenvalue weighted by Gasteiger charge is -2.12. The first-order valence-corrected chi connectivity index (χ1v) is 3.82. The first-order chi connectivity index (χ1) is 5.25. The van der Waals surface area contributed by atoms with E-state index in [9.17, 15) is 4.79 Å². The Morgan fingerprint density at radius 1 is 1.82 bits per heavy atom. The molecular weight excluding hydrogens is 142 g/mol. The zero-order chi connectivity index (χ0) is 8.27. The van der Waals surface area contributed by atoms with Crippen molar-refractivity contribution in [3.05, 3.63) is 12.7 Å². The van der Waals surface area contributed by atoms with Gasteiger partial charge in [0.05, 0.1) is 0 Å². The van der Waals surface area contributed by atoms with Crippen LogP contribution in [0.25, 0.3) is 0 Å². The zero-order valence-corrected chi connectivity index (χ0v) is 6.42. The number of carboxylic acids is 1. The fourth-order valence-corrected chi connectivity index (χ4v) is 1.51. The van der Waals surface area contributed by atoms with Gasteiger partial charge >= 0.3 is 5.97 Å². The molecule has 62 valence electrons. The number of aliphatic carboxylic acids is 1. The molecule has 2 unspecified atom stereocenters. The third-order valence-electron chi connectivity index (χ3n) is 2.09. The number of nitrogens with one attached hydrogen (secondary N) is 1. The van der Waals surface area contributed by atoms with Crippen LogP contribution in [0.4, 0.5) is 0 Å². The van der Waals surface area contributed by atoms with Crippen molar-refractivity contribution in [3.63, 3.8) is 0 Å². The summed E-state index contributed by atoms with van der Waals surface area (Å²) in [6, 6.07) is -0.354. The third-order valence-corrected chi connectivity index (χ3v) is 2.09. The van der Waals surface area contributed by atoms with Crippen LogP contribution in [0.2, 0.25) is 0 Å². The molecule has 3 heteroatoms. The molecule has 2 atom stereocenters. The predicted octanol–water partition coefficient (Wildman–Crippen LogP) is 0.625. The molecule has 1 heterocycles. The molecule has 1 fully saturated rings. The number of rotatable bonds is 3. The van der Waals surface area contributed by atoms with Crippen molar-refractivity contribution < 1.29 is 9.90 Å². The van der Waals surface area contributed by atoms with Crippen LogP contribution in [-0.4, -0.2) is 23.7 Å². The summed E-state index contributed by atoms with van der Waals surface area (Å²) in [4.78, 5) is 10.6. The van der Waals surface area contributed by atoms with Gasteiger partial charge in [-0.1, -0.05) is 6.08 Å². The van der Waals surface area contributed by atoms with Crippen molar-refractivity contribution in [2.24, 2.45) is 5.92 Å². The molecular formula is C8H13NO2. The van der Waals surface area contributed by atoms with E-state index in [1.165, 1.54) is 0 Å². The second kappa shape index (κ2) is 3.53. The van der Waals surface area contributed by atoms with Crippen LogP contribution in [0.3, 0.4) is 0 Å². The van der Waals surface area contributed by atoms with Gasteiger partial charge in [0.25, 0.3) is 0 Å². The maximum absolute atomic E-state index is 10.6. The normalized spacial score (nSPS) is 30.2. The average Bonchev–Trinajstić information content (AvgIpc) is 2.36. The molecule has 1 aliphatic rings. The lowest BCUT2D eigenvalue weighted by atomic mass is 9.97. The molecule has 3 nitrogen and oxygen atoms in total. The predicted molar refractivity (Wildman–Crippen MR) is 42.3 cm³/mol. The van der Waals surface area contributed by atoms with Crippen molar-refractivity contribution in [3.8, 4) is 0 Å². The molecule has 2 N–H and O–H groups in total. The van der Waals surface area contributed by atoms with Gasteiger partial charge in [0.2, 0.25) is 0 Å². The van der Waals surface area contributed by atoms with E-state index in [0.29, 0.717) is 0 Å². The Bertz CT molecular complexity index is 167. The third kappa shape index (κ3) is 1.80. The molecule has 0 spiro atoms. The van der Waals surface area contributed by atoms with Gasteiger partial charge in [0.15, 0.2) is 0 Å². The van der Waals surface area contributed by atoms with E-state index in [0.717, 1.165) is 19.4 Å². The molecule has 0 aliphatic carbocycles. The summed E-state index contributed by atoms with van der Waals surface area (Å²) >= 11 is 0. The molecule has 0 amide bonds. The largest absolute Gasteiger partial charge is 0.480 e. The van der Waals surface area contributed by atoms with Gasteiger partial charge in [-0.3, -0.25) is 4.79 Å². The Hall–Kier alpha value is -0.830. The molecule has 1 saturated heterocycles. The van der Waals surface area contributed by atoms with Gasteiger partial charge in [-0.05, 0) is 25.3 Å². The van der Waals surface area contributed by atoms with E-state index in [4.69, 9.17) is 5.11 Å². The average molecular weight is 155 g/mol. The van der Waals surface area contributed by atoms with E-state index in [1.807, 2.05) is 0 Å². The summed E-state index contributed by atoms with van der Waals surface area (Å²) in [5.41, 5.74) is 0. The minimum absolute atomic E-state index is 0.241. The summed E-state index contributed by atoms with van der Waals surface area (Å²) < 4.78 is 0. The first-order valence-electron chi connectivity index (χ1n) is 3.82. The van der Waals surface area contributed by atoms with Gasteiger partial charge in [0.1, 0.15) is 6.04 Å². The molecule has 0 saturated carbocycles. The molecule has 11 heavy (non-hydrogen) atoms. The number of carbonyl (C=O) groups is 1.